The number of rotatable bonds is 4. The molecule has 1 fully saturated rings. The first-order valence-corrected chi connectivity index (χ1v) is 6.75. The van der Waals surface area contributed by atoms with Gasteiger partial charge in [-0.2, -0.15) is 0 Å². The van der Waals surface area contributed by atoms with Crippen molar-refractivity contribution >= 4 is 0 Å². The summed E-state index contributed by atoms with van der Waals surface area (Å²) >= 11 is 0. The zero-order valence-electron chi connectivity index (χ0n) is 11.2. The molecule has 0 spiro atoms. The number of ether oxygens (including phenoxy) is 1. The van der Waals surface area contributed by atoms with Crippen molar-refractivity contribution in [3.8, 4) is 0 Å². The predicted octanol–water partition coefficient (Wildman–Crippen LogP) is 2.08. The number of aliphatic hydroxyl groups is 1. The number of hydrogen-bond acceptors (Lipinski definition) is 3. The van der Waals surface area contributed by atoms with Gasteiger partial charge >= 0.3 is 0 Å². The molecule has 2 rings (SSSR count). The van der Waals surface area contributed by atoms with Gasteiger partial charge in [0.05, 0.1) is 19.3 Å². The van der Waals surface area contributed by atoms with Crippen molar-refractivity contribution in [1.29, 1.82) is 0 Å². The largest absolute Gasteiger partial charge is 0.387 e. The van der Waals surface area contributed by atoms with Crippen LogP contribution in [0.25, 0.3) is 0 Å². The van der Waals surface area contributed by atoms with Gasteiger partial charge in [-0.1, -0.05) is 44.2 Å². The van der Waals surface area contributed by atoms with E-state index in [0.29, 0.717) is 5.92 Å². The molecule has 0 saturated carbocycles. The Morgan fingerprint density at radius 2 is 1.72 bits per heavy atom. The van der Waals surface area contributed by atoms with Gasteiger partial charge in [0.25, 0.3) is 0 Å². The SMILES string of the molecule is CC(C)[C@@H]([C@H](O)c1ccccc1)N1CCOCC1. The van der Waals surface area contributed by atoms with Crippen molar-refractivity contribution in [3.63, 3.8) is 0 Å². The maximum atomic E-state index is 10.6. The standard InChI is InChI=1S/C15H23NO2/c1-12(2)14(16-8-10-18-11-9-16)15(17)13-6-4-3-5-7-13/h3-7,12,14-15,17H,8-11H2,1-2H3/t14-,15+/m0/s1. The zero-order chi connectivity index (χ0) is 13.0. The Hall–Kier alpha value is -0.900. The van der Waals surface area contributed by atoms with E-state index in [9.17, 15) is 5.11 Å². The van der Waals surface area contributed by atoms with Crippen LogP contribution in [0, 0.1) is 5.92 Å². The molecule has 3 nitrogen and oxygen atoms in total. The van der Waals surface area contributed by atoms with Crippen LogP contribution in [0.5, 0.6) is 0 Å². The zero-order valence-corrected chi connectivity index (χ0v) is 11.2. The summed E-state index contributed by atoms with van der Waals surface area (Å²) in [5, 5.41) is 10.6. The molecule has 0 aliphatic carbocycles. The van der Waals surface area contributed by atoms with Crippen LogP contribution in [0.2, 0.25) is 0 Å². The number of aliphatic hydroxyl groups excluding tert-OH is 1. The van der Waals surface area contributed by atoms with Gasteiger partial charge in [0.1, 0.15) is 0 Å². The Labute approximate surface area is 109 Å². The average molecular weight is 249 g/mol. The van der Waals surface area contributed by atoms with E-state index in [1.165, 1.54) is 0 Å². The lowest BCUT2D eigenvalue weighted by Crippen LogP contribution is -2.48. The van der Waals surface area contributed by atoms with E-state index in [4.69, 9.17) is 4.74 Å². The molecule has 1 N–H and O–H groups in total. The Balaban J connectivity index is 2.14. The van der Waals surface area contributed by atoms with Gasteiger partial charge in [-0.15, -0.1) is 0 Å². The molecule has 3 heteroatoms. The summed E-state index contributed by atoms with van der Waals surface area (Å²) in [5.74, 6) is 0.415. The Kier molecular flexibility index (Phi) is 4.75. The molecule has 2 atom stereocenters. The van der Waals surface area contributed by atoms with Crippen LogP contribution in [0.4, 0.5) is 0 Å². The maximum Gasteiger partial charge on any atom is 0.0947 e. The number of hydrogen-bond donors (Lipinski definition) is 1. The molecule has 100 valence electrons. The third-order valence-electron chi connectivity index (χ3n) is 3.61. The molecular weight excluding hydrogens is 226 g/mol. The fourth-order valence-electron chi connectivity index (χ4n) is 2.71. The summed E-state index contributed by atoms with van der Waals surface area (Å²) in [4.78, 5) is 2.35. The summed E-state index contributed by atoms with van der Waals surface area (Å²) in [6, 6.07) is 10.1. The first-order chi connectivity index (χ1) is 8.70. The van der Waals surface area contributed by atoms with E-state index >= 15 is 0 Å². The quantitative estimate of drug-likeness (QED) is 0.886. The molecule has 1 heterocycles. The van der Waals surface area contributed by atoms with E-state index in [2.05, 4.69) is 18.7 Å². The van der Waals surface area contributed by atoms with E-state index in [0.717, 1.165) is 31.9 Å². The van der Waals surface area contributed by atoms with Crippen LogP contribution in [0.15, 0.2) is 30.3 Å². The number of nitrogens with zero attached hydrogens (tertiary/aromatic N) is 1. The van der Waals surface area contributed by atoms with Crippen molar-refractivity contribution in [3.05, 3.63) is 35.9 Å². The van der Waals surface area contributed by atoms with Crippen molar-refractivity contribution in [2.45, 2.75) is 26.0 Å². The fourth-order valence-corrected chi connectivity index (χ4v) is 2.71. The maximum absolute atomic E-state index is 10.6. The highest BCUT2D eigenvalue weighted by atomic mass is 16.5. The Morgan fingerprint density at radius 3 is 2.28 bits per heavy atom. The molecule has 1 aromatic carbocycles. The highest BCUT2D eigenvalue weighted by molar-refractivity contribution is 5.19. The highest BCUT2D eigenvalue weighted by Crippen LogP contribution is 2.27. The summed E-state index contributed by atoms with van der Waals surface area (Å²) < 4.78 is 5.39. The van der Waals surface area contributed by atoms with E-state index in [-0.39, 0.29) is 6.04 Å². The van der Waals surface area contributed by atoms with Gasteiger partial charge in [0, 0.05) is 19.1 Å². The van der Waals surface area contributed by atoms with Crippen LogP contribution in [-0.4, -0.2) is 42.4 Å². The minimum absolute atomic E-state index is 0.163. The summed E-state index contributed by atoms with van der Waals surface area (Å²) in [6.45, 7) is 7.70. The van der Waals surface area contributed by atoms with E-state index < -0.39 is 6.10 Å². The van der Waals surface area contributed by atoms with Crippen molar-refractivity contribution in [1.82, 2.24) is 4.90 Å². The minimum atomic E-state index is -0.427. The lowest BCUT2D eigenvalue weighted by Gasteiger charge is -2.39. The van der Waals surface area contributed by atoms with Crippen LogP contribution < -0.4 is 0 Å². The molecule has 0 aromatic heterocycles. The van der Waals surface area contributed by atoms with Crippen molar-refractivity contribution in [2.24, 2.45) is 5.92 Å². The van der Waals surface area contributed by atoms with Gasteiger partial charge in [-0.05, 0) is 11.5 Å². The highest BCUT2D eigenvalue weighted by Gasteiger charge is 2.30. The molecule has 0 unspecified atom stereocenters. The Bertz CT molecular complexity index is 347. The number of morpholine rings is 1. The summed E-state index contributed by atoms with van der Waals surface area (Å²) in [6.07, 6.45) is -0.427. The third-order valence-corrected chi connectivity index (χ3v) is 3.61. The molecule has 1 saturated heterocycles. The smallest absolute Gasteiger partial charge is 0.0947 e. The fraction of sp³-hybridized carbons (Fsp3) is 0.600. The second kappa shape index (κ2) is 6.32. The van der Waals surface area contributed by atoms with E-state index in [1.54, 1.807) is 0 Å². The molecule has 1 aliphatic rings. The topological polar surface area (TPSA) is 32.7 Å². The van der Waals surface area contributed by atoms with Crippen LogP contribution in [0.3, 0.4) is 0 Å². The summed E-state index contributed by atoms with van der Waals surface area (Å²) in [7, 11) is 0. The normalized spacial score (nSPS) is 20.9. The molecule has 18 heavy (non-hydrogen) atoms. The monoisotopic (exact) mass is 249 g/mol. The Morgan fingerprint density at radius 1 is 1.11 bits per heavy atom. The first-order valence-electron chi connectivity index (χ1n) is 6.75. The molecule has 0 amide bonds. The van der Waals surface area contributed by atoms with Crippen molar-refractivity contribution in [2.75, 3.05) is 26.3 Å². The molecule has 0 radical (unpaired) electrons. The third kappa shape index (κ3) is 3.10. The second-order valence-electron chi connectivity index (χ2n) is 5.24. The summed E-state index contributed by atoms with van der Waals surface area (Å²) in [5.41, 5.74) is 1.00. The molecular formula is C15H23NO2. The van der Waals surface area contributed by atoms with Gasteiger partial charge in [0.2, 0.25) is 0 Å². The van der Waals surface area contributed by atoms with Gasteiger partial charge < -0.3 is 9.84 Å². The first kappa shape index (κ1) is 13.5. The minimum Gasteiger partial charge on any atom is -0.387 e. The van der Waals surface area contributed by atoms with Gasteiger partial charge in [-0.25, -0.2) is 0 Å². The molecule has 0 bridgehead atoms. The predicted molar refractivity (Wildman–Crippen MR) is 72.4 cm³/mol. The van der Waals surface area contributed by atoms with Gasteiger partial charge in [0.15, 0.2) is 0 Å². The van der Waals surface area contributed by atoms with E-state index in [1.807, 2.05) is 30.3 Å². The van der Waals surface area contributed by atoms with Crippen LogP contribution in [-0.2, 0) is 4.74 Å². The lowest BCUT2D eigenvalue weighted by atomic mass is 9.91. The number of benzene rings is 1. The van der Waals surface area contributed by atoms with Crippen molar-refractivity contribution < 1.29 is 9.84 Å². The molecule has 1 aromatic rings. The van der Waals surface area contributed by atoms with Crippen LogP contribution >= 0.6 is 0 Å². The second-order valence-corrected chi connectivity index (χ2v) is 5.24. The lowest BCUT2D eigenvalue weighted by molar-refractivity contribution is -0.0376. The van der Waals surface area contributed by atoms with Gasteiger partial charge in [-0.3, -0.25) is 4.90 Å². The molecule has 1 aliphatic heterocycles. The average Bonchev–Trinajstić information content (AvgIpc) is 2.40. The van der Waals surface area contributed by atoms with Crippen LogP contribution in [0.1, 0.15) is 25.5 Å².